The molecule has 2 aliphatic rings. The molecule has 0 radical (unpaired) electrons. The molecule has 3 rings (SSSR count). The lowest BCUT2D eigenvalue weighted by molar-refractivity contribution is 0.0930. The fourth-order valence-corrected chi connectivity index (χ4v) is 4.92. The van der Waals surface area contributed by atoms with Crippen LogP contribution in [0.1, 0.15) is 22.3 Å². The highest BCUT2D eigenvalue weighted by atomic mass is 79.9. The van der Waals surface area contributed by atoms with E-state index < -0.39 is 15.8 Å². The number of benzene rings is 1. The summed E-state index contributed by atoms with van der Waals surface area (Å²) in [4.78, 5) is 12.5. The second-order valence-corrected chi connectivity index (χ2v) is 8.15. The van der Waals surface area contributed by atoms with Crippen LogP contribution in [0.5, 0.6) is 5.75 Å². The summed E-state index contributed by atoms with van der Waals surface area (Å²) >= 11 is 3.39. The number of hydrogen-bond donors (Lipinski definition) is 0. The number of ketones is 1. The molecule has 1 unspecified atom stereocenters. The van der Waals surface area contributed by atoms with E-state index in [1.165, 1.54) is 0 Å². The van der Waals surface area contributed by atoms with Gasteiger partial charge < -0.3 is 4.74 Å². The average molecular weight is 345 g/mol. The van der Waals surface area contributed by atoms with Crippen LogP contribution in [0.15, 0.2) is 16.6 Å². The monoisotopic (exact) mass is 344 g/mol. The largest absolute Gasteiger partial charge is 0.492 e. The van der Waals surface area contributed by atoms with Crippen LogP contribution in [-0.2, 0) is 16.3 Å². The predicted octanol–water partition coefficient (Wildman–Crippen LogP) is 2.00. The minimum atomic E-state index is -3.05. The molecule has 1 saturated heterocycles. The van der Waals surface area contributed by atoms with E-state index >= 15 is 0 Å². The van der Waals surface area contributed by atoms with Gasteiger partial charge in [-0.3, -0.25) is 4.79 Å². The van der Waals surface area contributed by atoms with Gasteiger partial charge in [0, 0.05) is 16.8 Å². The molecule has 4 nitrogen and oxygen atoms in total. The van der Waals surface area contributed by atoms with Gasteiger partial charge in [0.2, 0.25) is 0 Å². The third-order valence-electron chi connectivity index (χ3n) is 3.62. The zero-order valence-electron chi connectivity index (χ0n) is 10.2. The Morgan fingerprint density at radius 1 is 1.37 bits per heavy atom. The molecule has 19 heavy (non-hydrogen) atoms. The number of rotatable bonds is 2. The molecule has 0 saturated carbocycles. The average Bonchev–Trinajstić information content (AvgIpc) is 2.93. The van der Waals surface area contributed by atoms with Crippen molar-refractivity contribution in [2.45, 2.75) is 12.8 Å². The Hall–Kier alpha value is -0.880. The fraction of sp³-hybridized carbons (Fsp3) is 0.462. The maximum absolute atomic E-state index is 12.5. The number of sulfone groups is 1. The minimum absolute atomic E-state index is 0.0346. The number of halogens is 1. The number of hydrogen-bond acceptors (Lipinski definition) is 4. The Morgan fingerprint density at radius 3 is 2.84 bits per heavy atom. The van der Waals surface area contributed by atoms with Gasteiger partial charge in [-0.05, 0) is 24.1 Å². The summed E-state index contributed by atoms with van der Waals surface area (Å²) in [7, 11) is -3.05. The van der Waals surface area contributed by atoms with Gasteiger partial charge in [0.1, 0.15) is 5.75 Å². The predicted molar refractivity (Wildman–Crippen MR) is 74.4 cm³/mol. The molecule has 2 aliphatic heterocycles. The lowest BCUT2D eigenvalue weighted by Crippen LogP contribution is -2.17. The van der Waals surface area contributed by atoms with Crippen molar-refractivity contribution in [3.8, 4) is 5.75 Å². The third kappa shape index (κ3) is 2.43. The standard InChI is InChI=1S/C13H13BrO4S/c14-10-5-8-1-3-18-13(8)11(6-10)12(15)9-2-4-19(16,17)7-9/h5-6,9H,1-4,7H2. The summed E-state index contributed by atoms with van der Waals surface area (Å²) < 4.78 is 29.3. The van der Waals surface area contributed by atoms with E-state index in [0.29, 0.717) is 24.3 Å². The van der Waals surface area contributed by atoms with Crippen molar-refractivity contribution in [1.29, 1.82) is 0 Å². The lowest BCUT2D eigenvalue weighted by atomic mass is 9.95. The van der Waals surface area contributed by atoms with Crippen LogP contribution in [0.2, 0.25) is 0 Å². The molecule has 6 heteroatoms. The van der Waals surface area contributed by atoms with Crippen LogP contribution < -0.4 is 4.74 Å². The van der Waals surface area contributed by atoms with E-state index in [4.69, 9.17) is 4.74 Å². The van der Waals surface area contributed by atoms with Crippen LogP contribution in [0.4, 0.5) is 0 Å². The van der Waals surface area contributed by atoms with E-state index in [0.717, 1.165) is 16.5 Å². The molecule has 1 fully saturated rings. The van der Waals surface area contributed by atoms with Crippen molar-refractivity contribution >= 4 is 31.6 Å². The Labute approximate surface area is 120 Å². The topological polar surface area (TPSA) is 60.4 Å². The number of fused-ring (bicyclic) bond motifs is 1. The molecule has 0 bridgehead atoms. The Balaban J connectivity index is 1.97. The number of carbonyl (C=O) groups is 1. The Bertz CT molecular complexity index is 651. The van der Waals surface area contributed by atoms with Crippen LogP contribution in [-0.4, -0.2) is 32.3 Å². The zero-order valence-corrected chi connectivity index (χ0v) is 12.6. The highest BCUT2D eigenvalue weighted by Crippen LogP contribution is 2.35. The van der Waals surface area contributed by atoms with Gasteiger partial charge in [-0.2, -0.15) is 0 Å². The van der Waals surface area contributed by atoms with E-state index in [2.05, 4.69) is 15.9 Å². The number of carbonyl (C=O) groups excluding carboxylic acids is 1. The SMILES string of the molecule is O=C(c1cc(Br)cc2c1OCC2)C1CCS(=O)(=O)C1. The summed E-state index contributed by atoms with van der Waals surface area (Å²) in [5.41, 5.74) is 1.53. The van der Waals surface area contributed by atoms with Gasteiger partial charge in [-0.1, -0.05) is 15.9 Å². The van der Waals surface area contributed by atoms with Gasteiger partial charge in [0.25, 0.3) is 0 Å². The van der Waals surface area contributed by atoms with Crippen molar-refractivity contribution in [1.82, 2.24) is 0 Å². The molecule has 1 atom stereocenters. The van der Waals surface area contributed by atoms with E-state index in [1.807, 2.05) is 6.07 Å². The van der Waals surface area contributed by atoms with Crippen molar-refractivity contribution in [3.63, 3.8) is 0 Å². The summed E-state index contributed by atoms with van der Waals surface area (Å²) in [5.74, 6) is 0.179. The molecular weight excluding hydrogens is 332 g/mol. The number of Topliss-reactive ketones (excluding diaryl/α,β-unsaturated/α-hetero) is 1. The van der Waals surface area contributed by atoms with E-state index in [-0.39, 0.29) is 17.3 Å². The fourth-order valence-electron chi connectivity index (χ4n) is 2.67. The second kappa shape index (κ2) is 4.59. The van der Waals surface area contributed by atoms with Crippen LogP contribution in [0, 0.1) is 5.92 Å². The van der Waals surface area contributed by atoms with Gasteiger partial charge in [0.05, 0.1) is 23.7 Å². The molecular formula is C13H13BrO4S. The summed E-state index contributed by atoms with van der Waals surface area (Å²) in [5, 5.41) is 0. The number of ether oxygens (including phenoxy) is 1. The molecule has 0 aromatic heterocycles. The van der Waals surface area contributed by atoms with Crippen LogP contribution in [0.25, 0.3) is 0 Å². The van der Waals surface area contributed by atoms with Gasteiger partial charge in [0.15, 0.2) is 15.6 Å². The molecule has 0 spiro atoms. The van der Waals surface area contributed by atoms with Crippen molar-refractivity contribution in [2.75, 3.05) is 18.1 Å². The summed E-state index contributed by atoms with van der Waals surface area (Å²) in [6.07, 6.45) is 1.21. The molecule has 0 N–H and O–H groups in total. The third-order valence-corrected chi connectivity index (χ3v) is 5.84. The van der Waals surface area contributed by atoms with Gasteiger partial charge in [-0.25, -0.2) is 8.42 Å². The zero-order chi connectivity index (χ0) is 13.6. The van der Waals surface area contributed by atoms with Gasteiger partial charge in [-0.15, -0.1) is 0 Å². The van der Waals surface area contributed by atoms with Gasteiger partial charge >= 0.3 is 0 Å². The Kier molecular flexibility index (Phi) is 3.17. The molecule has 1 aromatic rings. The van der Waals surface area contributed by atoms with Crippen LogP contribution in [0.3, 0.4) is 0 Å². The smallest absolute Gasteiger partial charge is 0.170 e. The molecule has 1 aromatic carbocycles. The molecule has 102 valence electrons. The first-order valence-corrected chi connectivity index (χ1v) is 8.77. The first kappa shape index (κ1) is 13.1. The first-order chi connectivity index (χ1) is 8.96. The minimum Gasteiger partial charge on any atom is -0.492 e. The normalized spacial score (nSPS) is 23.9. The first-order valence-electron chi connectivity index (χ1n) is 6.16. The highest BCUT2D eigenvalue weighted by molar-refractivity contribution is 9.10. The lowest BCUT2D eigenvalue weighted by Gasteiger charge is -2.11. The summed E-state index contributed by atoms with van der Waals surface area (Å²) in [6.45, 7) is 0.578. The van der Waals surface area contributed by atoms with Crippen LogP contribution >= 0.6 is 15.9 Å². The molecule has 2 heterocycles. The molecule has 0 aliphatic carbocycles. The quantitative estimate of drug-likeness (QED) is 0.770. The van der Waals surface area contributed by atoms with E-state index in [1.54, 1.807) is 6.07 Å². The summed E-state index contributed by atoms with van der Waals surface area (Å²) in [6, 6.07) is 3.68. The maximum atomic E-state index is 12.5. The van der Waals surface area contributed by atoms with Crippen molar-refractivity contribution in [3.05, 3.63) is 27.7 Å². The highest BCUT2D eigenvalue weighted by Gasteiger charge is 2.35. The van der Waals surface area contributed by atoms with Crippen molar-refractivity contribution < 1.29 is 17.9 Å². The second-order valence-electron chi connectivity index (χ2n) is 5.00. The van der Waals surface area contributed by atoms with E-state index in [9.17, 15) is 13.2 Å². The molecule has 0 amide bonds. The maximum Gasteiger partial charge on any atom is 0.170 e. The Morgan fingerprint density at radius 2 is 2.16 bits per heavy atom. The van der Waals surface area contributed by atoms with Crippen molar-refractivity contribution in [2.24, 2.45) is 5.92 Å².